The highest BCUT2D eigenvalue weighted by Gasteiger charge is 2.04. The van der Waals surface area contributed by atoms with E-state index in [0.29, 0.717) is 6.54 Å². The Balaban J connectivity index is 2.65. The highest BCUT2D eigenvalue weighted by molar-refractivity contribution is 6.35. The molecule has 0 aliphatic carbocycles. The van der Waals surface area contributed by atoms with Crippen LogP contribution in [0.25, 0.3) is 10.9 Å². The fourth-order valence-electron chi connectivity index (χ4n) is 1.65. The largest absolute Gasteiger partial charge is 0.330 e. The molecule has 0 spiro atoms. The third-order valence-electron chi connectivity index (χ3n) is 2.46. The normalized spacial score (nSPS) is 10.9. The first-order valence-corrected chi connectivity index (χ1v) is 5.35. The SMILES string of the molecule is Cc1ccc(Cl)c2ccc(CCN)nc12. The van der Waals surface area contributed by atoms with Gasteiger partial charge < -0.3 is 5.73 Å². The zero-order chi connectivity index (χ0) is 10.8. The van der Waals surface area contributed by atoms with Crippen LogP contribution in [-0.4, -0.2) is 11.5 Å². The standard InChI is InChI=1S/C12H13ClN2/c1-8-2-5-11(13)10-4-3-9(6-7-14)15-12(8)10/h2-5H,6-7,14H2,1H3. The Labute approximate surface area is 94.1 Å². The van der Waals surface area contributed by atoms with Crippen molar-refractivity contribution in [1.82, 2.24) is 4.98 Å². The van der Waals surface area contributed by atoms with E-state index in [2.05, 4.69) is 4.98 Å². The minimum absolute atomic E-state index is 0.623. The van der Waals surface area contributed by atoms with Crippen LogP contribution in [-0.2, 0) is 6.42 Å². The van der Waals surface area contributed by atoms with Gasteiger partial charge in [0.2, 0.25) is 0 Å². The van der Waals surface area contributed by atoms with Crippen LogP contribution in [0, 0.1) is 6.92 Å². The van der Waals surface area contributed by atoms with Gasteiger partial charge in [-0.25, -0.2) is 0 Å². The molecule has 2 nitrogen and oxygen atoms in total. The van der Waals surface area contributed by atoms with Gasteiger partial charge in [0, 0.05) is 22.5 Å². The topological polar surface area (TPSA) is 38.9 Å². The van der Waals surface area contributed by atoms with Crippen molar-refractivity contribution in [2.45, 2.75) is 13.3 Å². The molecule has 0 bridgehead atoms. The predicted octanol–water partition coefficient (Wildman–Crippen LogP) is 2.70. The molecular weight excluding hydrogens is 208 g/mol. The molecule has 0 atom stereocenters. The Morgan fingerprint density at radius 1 is 1.27 bits per heavy atom. The highest BCUT2D eigenvalue weighted by atomic mass is 35.5. The zero-order valence-electron chi connectivity index (χ0n) is 8.63. The van der Waals surface area contributed by atoms with Crippen molar-refractivity contribution in [3.63, 3.8) is 0 Å². The summed E-state index contributed by atoms with van der Waals surface area (Å²) in [6.07, 6.45) is 0.807. The van der Waals surface area contributed by atoms with Crippen molar-refractivity contribution in [3.05, 3.63) is 40.5 Å². The van der Waals surface area contributed by atoms with Crippen LogP contribution >= 0.6 is 11.6 Å². The monoisotopic (exact) mass is 220 g/mol. The van der Waals surface area contributed by atoms with Gasteiger partial charge in [-0.15, -0.1) is 0 Å². The second-order valence-electron chi connectivity index (χ2n) is 3.60. The number of pyridine rings is 1. The number of nitrogens with zero attached hydrogens (tertiary/aromatic N) is 1. The summed E-state index contributed by atoms with van der Waals surface area (Å²) in [5.74, 6) is 0. The van der Waals surface area contributed by atoms with Crippen molar-refractivity contribution >= 4 is 22.5 Å². The predicted molar refractivity (Wildman–Crippen MR) is 64.2 cm³/mol. The third-order valence-corrected chi connectivity index (χ3v) is 2.79. The molecule has 1 aromatic carbocycles. The Bertz CT molecular complexity index is 494. The summed E-state index contributed by atoms with van der Waals surface area (Å²) in [5, 5.41) is 1.76. The summed E-state index contributed by atoms with van der Waals surface area (Å²) in [6, 6.07) is 7.90. The molecule has 1 heterocycles. The Hall–Kier alpha value is -1.12. The molecule has 0 saturated heterocycles. The fraction of sp³-hybridized carbons (Fsp3) is 0.250. The van der Waals surface area contributed by atoms with Crippen molar-refractivity contribution in [2.24, 2.45) is 5.73 Å². The molecular formula is C12H13ClN2. The van der Waals surface area contributed by atoms with E-state index in [1.54, 1.807) is 0 Å². The second-order valence-corrected chi connectivity index (χ2v) is 4.01. The highest BCUT2D eigenvalue weighted by Crippen LogP contribution is 2.24. The van der Waals surface area contributed by atoms with Gasteiger partial charge in [-0.2, -0.15) is 0 Å². The number of hydrogen-bond donors (Lipinski definition) is 1. The van der Waals surface area contributed by atoms with E-state index in [-0.39, 0.29) is 0 Å². The second kappa shape index (κ2) is 4.17. The lowest BCUT2D eigenvalue weighted by molar-refractivity contribution is 0.931. The Kier molecular flexibility index (Phi) is 2.89. The first kappa shape index (κ1) is 10.4. The summed E-state index contributed by atoms with van der Waals surface area (Å²) >= 11 is 6.09. The summed E-state index contributed by atoms with van der Waals surface area (Å²) in [6.45, 7) is 2.66. The molecule has 2 aromatic rings. The maximum absolute atomic E-state index is 6.09. The van der Waals surface area contributed by atoms with E-state index >= 15 is 0 Å². The minimum Gasteiger partial charge on any atom is -0.330 e. The van der Waals surface area contributed by atoms with E-state index < -0.39 is 0 Å². The number of rotatable bonds is 2. The summed E-state index contributed by atoms with van der Waals surface area (Å²) < 4.78 is 0. The van der Waals surface area contributed by atoms with Gasteiger partial charge in [-0.1, -0.05) is 17.7 Å². The summed E-state index contributed by atoms with van der Waals surface area (Å²) in [5.41, 5.74) is 8.66. The number of nitrogens with two attached hydrogens (primary N) is 1. The van der Waals surface area contributed by atoms with Gasteiger partial charge >= 0.3 is 0 Å². The van der Waals surface area contributed by atoms with E-state index in [0.717, 1.165) is 33.6 Å². The van der Waals surface area contributed by atoms with Crippen molar-refractivity contribution < 1.29 is 0 Å². The van der Waals surface area contributed by atoms with Crippen molar-refractivity contribution in [1.29, 1.82) is 0 Å². The van der Waals surface area contributed by atoms with Crippen LogP contribution in [0.4, 0.5) is 0 Å². The minimum atomic E-state index is 0.623. The van der Waals surface area contributed by atoms with Gasteiger partial charge in [0.25, 0.3) is 0 Å². The number of fused-ring (bicyclic) bond motifs is 1. The van der Waals surface area contributed by atoms with Gasteiger partial charge in [0.15, 0.2) is 0 Å². The molecule has 78 valence electrons. The van der Waals surface area contributed by atoms with Gasteiger partial charge in [-0.3, -0.25) is 4.98 Å². The fourth-order valence-corrected chi connectivity index (χ4v) is 1.86. The van der Waals surface area contributed by atoms with Crippen LogP contribution < -0.4 is 5.73 Å². The summed E-state index contributed by atoms with van der Waals surface area (Å²) in [7, 11) is 0. The maximum atomic E-state index is 6.09. The molecule has 0 unspecified atom stereocenters. The molecule has 2 rings (SSSR count). The van der Waals surface area contributed by atoms with Crippen LogP contribution in [0.5, 0.6) is 0 Å². The van der Waals surface area contributed by atoms with Crippen LogP contribution in [0.2, 0.25) is 5.02 Å². The van der Waals surface area contributed by atoms with E-state index in [4.69, 9.17) is 17.3 Å². The number of halogens is 1. The van der Waals surface area contributed by atoms with Crippen molar-refractivity contribution in [2.75, 3.05) is 6.54 Å². The van der Waals surface area contributed by atoms with Crippen LogP contribution in [0.15, 0.2) is 24.3 Å². The Morgan fingerprint density at radius 3 is 2.80 bits per heavy atom. The average Bonchev–Trinajstić information content (AvgIpc) is 2.24. The van der Waals surface area contributed by atoms with Gasteiger partial charge in [-0.05, 0) is 37.2 Å². The van der Waals surface area contributed by atoms with Crippen LogP contribution in [0.3, 0.4) is 0 Å². The van der Waals surface area contributed by atoms with Crippen LogP contribution in [0.1, 0.15) is 11.3 Å². The lowest BCUT2D eigenvalue weighted by atomic mass is 10.1. The molecule has 0 saturated carbocycles. The number of aromatic nitrogens is 1. The molecule has 0 aliphatic rings. The average molecular weight is 221 g/mol. The molecule has 0 amide bonds. The molecule has 3 heteroatoms. The smallest absolute Gasteiger partial charge is 0.0749 e. The molecule has 1 aromatic heterocycles. The summed E-state index contributed by atoms with van der Waals surface area (Å²) in [4.78, 5) is 4.56. The quantitative estimate of drug-likeness (QED) is 0.845. The van der Waals surface area contributed by atoms with Gasteiger partial charge in [0.05, 0.1) is 5.52 Å². The first-order chi connectivity index (χ1) is 7.22. The lowest BCUT2D eigenvalue weighted by Crippen LogP contribution is -2.04. The van der Waals surface area contributed by atoms with Crippen molar-refractivity contribution in [3.8, 4) is 0 Å². The molecule has 2 N–H and O–H groups in total. The zero-order valence-corrected chi connectivity index (χ0v) is 9.38. The molecule has 0 fully saturated rings. The molecule has 0 radical (unpaired) electrons. The van der Waals surface area contributed by atoms with E-state index in [1.165, 1.54) is 0 Å². The van der Waals surface area contributed by atoms with Gasteiger partial charge in [0.1, 0.15) is 0 Å². The number of aryl methyl sites for hydroxylation is 1. The third kappa shape index (κ3) is 1.96. The first-order valence-electron chi connectivity index (χ1n) is 4.97. The lowest BCUT2D eigenvalue weighted by Gasteiger charge is -2.05. The van der Waals surface area contributed by atoms with E-state index in [1.807, 2.05) is 31.2 Å². The Morgan fingerprint density at radius 2 is 2.07 bits per heavy atom. The maximum Gasteiger partial charge on any atom is 0.0749 e. The molecule has 15 heavy (non-hydrogen) atoms. The molecule has 0 aliphatic heterocycles. The number of hydrogen-bond acceptors (Lipinski definition) is 2. The number of benzene rings is 1. The van der Waals surface area contributed by atoms with E-state index in [9.17, 15) is 0 Å².